The maximum Gasteiger partial charge on any atom is 0.290 e. The Kier molecular flexibility index (Phi) is 4.77. The van der Waals surface area contributed by atoms with Crippen molar-refractivity contribution in [1.82, 2.24) is 14.9 Å². The lowest BCUT2D eigenvalue weighted by atomic mass is 9.88. The lowest BCUT2D eigenvalue weighted by molar-refractivity contribution is 0.0643. The number of rotatable bonds is 4. The number of benzene rings is 1. The Hall–Kier alpha value is -2.40. The molecule has 0 bridgehead atoms. The van der Waals surface area contributed by atoms with Crippen molar-refractivity contribution >= 4 is 35.3 Å². The molecule has 0 fully saturated rings. The van der Waals surface area contributed by atoms with Gasteiger partial charge in [-0.1, -0.05) is 44.2 Å². The van der Waals surface area contributed by atoms with E-state index in [0.717, 1.165) is 16.8 Å². The molecule has 5 nitrogen and oxygen atoms in total. The summed E-state index contributed by atoms with van der Waals surface area (Å²) in [7, 11) is 0. The van der Waals surface area contributed by atoms with Crippen molar-refractivity contribution in [1.29, 1.82) is 0 Å². The predicted molar refractivity (Wildman–Crippen MR) is 102 cm³/mol. The number of hydrogen-bond donors (Lipinski definition) is 1. The van der Waals surface area contributed by atoms with Crippen molar-refractivity contribution < 1.29 is 4.79 Å². The molecule has 0 saturated carbocycles. The van der Waals surface area contributed by atoms with Gasteiger partial charge < -0.3 is 9.88 Å². The number of imidazole rings is 1. The molecule has 1 N–H and O–H groups in total. The molecule has 1 atom stereocenters. The average Bonchev–Trinajstić information content (AvgIpc) is 3.05. The van der Waals surface area contributed by atoms with Gasteiger partial charge in [-0.3, -0.25) is 9.79 Å². The number of carbonyl (C=O) groups excluding carboxylic acids is 1. The van der Waals surface area contributed by atoms with Gasteiger partial charge in [0.15, 0.2) is 5.82 Å². The van der Waals surface area contributed by atoms with Gasteiger partial charge in [0.05, 0.1) is 16.6 Å². The van der Waals surface area contributed by atoms with Crippen molar-refractivity contribution in [3.05, 3.63) is 53.0 Å². The summed E-state index contributed by atoms with van der Waals surface area (Å²) in [6.07, 6.45) is 2.43. The summed E-state index contributed by atoms with van der Waals surface area (Å²) in [4.78, 5) is 26.6. The smallest absolute Gasteiger partial charge is 0.290 e. The second kappa shape index (κ2) is 6.84. The van der Waals surface area contributed by atoms with Crippen LogP contribution >= 0.6 is 11.6 Å². The molecule has 2 aromatic rings. The van der Waals surface area contributed by atoms with Gasteiger partial charge in [-0.05, 0) is 30.3 Å². The Bertz CT molecular complexity index is 881. The van der Waals surface area contributed by atoms with Gasteiger partial charge >= 0.3 is 0 Å². The molecule has 0 radical (unpaired) electrons. The number of nitrogens with zero attached hydrogens (tertiary/aromatic N) is 3. The van der Waals surface area contributed by atoms with Crippen LogP contribution in [0.3, 0.4) is 0 Å². The zero-order valence-electron chi connectivity index (χ0n) is 14.4. The largest absolute Gasteiger partial charge is 0.334 e. The van der Waals surface area contributed by atoms with E-state index in [9.17, 15) is 4.79 Å². The first-order chi connectivity index (χ1) is 12.0. The molecule has 25 heavy (non-hydrogen) atoms. The maximum absolute atomic E-state index is 13.1. The van der Waals surface area contributed by atoms with E-state index in [1.165, 1.54) is 0 Å². The highest BCUT2D eigenvalue weighted by molar-refractivity contribution is 6.35. The molecule has 6 heteroatoms. The quantitative estimate of drug-likeness (QED) is 0.833. The molecule has 2 heterocycles. The molecule has 1 aromatic heterocycles. The summed E-state index contributed by atoms with van der Waals surface area (Å²) < 4.78 is 0. The van der Waals surface area contributed by atoms with Gasteiger partial charge in [-0.15, -0.1) is 0 Å². The van der Waals surface area contributed by atoms with Crippen LogP contribution < -0.4 is 0 Å². The molecular weight excluding hydrogens is 336 g/mol. The molecule has 3 rings (SSSR count). The van der Waals surface area contributed by atoms with E-state index in [0.29, 0.717) is 29.3 Å². The van der Waals surface area contributed by atoms with Crippen LogP contribution in [-0.2, 0) is 0 Å². The minimum absolute atomic E-state index is 0.108. The molecule has 0 aliphatic carbocycles. The van der Waals surface area contributed by atoms with Crippen LogP contribution in [0.5, 0.6) is 0 Å². The summed E-state index contributed by atoms with van der Waals surface area (Å²) in [5.74, 6) is 0.363. The number of para-hydroxylation sites is 1. The first-order valence-corrected chi connectivity index (χ1v) is 8.63. The third-order valence-corrected chi connectivity index (χ3v) is 4.85. The van der Waals surface area contributed by atoms with Gasteiger partial charge in [0.2, 0.25) is 0 Å². The van der Waals surface area contributed by atoms with E-state index in [1.54, 1.807) is 12.1 Å². The highest BCUT2D eigenvalue weighted by atomic mass is 35.5. The number of carbonyl (C=O) groups is 1. The topological polar surface area (TPSA) is 61.4 Å². The number of amides is 1. The Morgan fingerprint density at radius 2 is 2.28 bits per heavy atom. The molecule has 1 aliphatic heterocycles. The van der Waals surface area contributed by atoms with Crippen LogP contribution in [0.25, 0.3) is 11.0 Å². The van der Waals surface area contributed by atoms with E-state index >= 15 is 0 Å². The number of halogens is 1. The second-order valence-electron chi connectivity index (χ2n) is 6.42. The standard InChI is InChI=1S/C19H21ClN4O/c1-5-12-14(21-4)9-10-24(17(12)11(2)3)19(25)18-22-15-8-6-7-13(20)16(15)23-18/h5-8,11,17H,1,4,9-10H2,2-3H3,(H,22,23)/t17-/m1/s1. The predicted octanol–water partition coefficient (Wildman–Crippen LogP) is 4.23. The minimum atomic E-state index is -0.145. The normalized spacial score (nSPS) is 18.1. The first kappa shape index (κ1) is 17.4. The Balaban J connectivity index is 2.02. The van der Waals surface area contributed by atoms with Crippen LogP contribution in [0, 0.1) is 5.92 Å². The van der Waals surface area contributed by atoms with Crippen LogP contribution in [0.4, 0.5) is 0 Å². The van der Waals surface area contributed by atoms with Gasteiger partial charge in [-0.25, -0.2) is 4.98 Å². The summed E-state index contributed by atoms with van der Waals surface area (Å²) in [6, 6.07) is 5.34. The van der Waals surface area contributed by atoms with Gasteiger partial charge in [0, 0.05) is 18.7 Å². The molecule has 1 aliphatic rings. The molecule has 1 amide bonds. The number of aromatic amines is 1. The zero-order chi connectivity index (χ0) is 18.1. The number of fused-ring (bicyclic) bond motifs is 1. The monoisotopic (exact) mass is 356 g/mol. The molecule has 130 valence electrons. The fourth-order valence-electron chi connectivity index (χ4n) is 3.44. The van der Waals surface area contributed by atoms with Gasteiger partial charge in [0.1, 0.15) is 5.52 Å². The molecule has 0 saturated heterocycles. The summed E-state index contributed by atoms with van der Waals surface area (Å²) >= 11 is 6.18. The van der Waals surface area contributed by atoms with Gasteiger partial charge in [0.25, 0.3) is 5.91 Å². The summed E-state index contributed by atoms with van der Waals surface area (Å²) in [6.45, 7) is 12.3. The van der Waals surface area contributed by atoms with Crippen molar-refractivity contribution in [2.75, 3.05) is 6.54 Å². The van der Waals surface area contributed by atoms with E-state index in [2.05, 4.69) is 42.1 Å². The molecule has 0 spiro atoms. The molecule has 1 aromatic carbocycles. The number of nitrogens with one attached hydrogen (secondary N) is 1. The third kappa shape index (κ3) is 3.00. The van der Waals surface area contributed by atoms with Crippen LogP contribution in [0.15, 0.2) is 47.1 Å². The fourth-order valence-corrected chi connectivity index (χ4v) is 3.66. The SMILES string of the molecule is C=CC1=C(N=C)CCN(C(=O)c2nc3c(Cl)cccc3[nH]2)[C@@H]1C(C)C. The Morgan fingerprint density at radius 3 is 2.88 bits per heavy atom. The average molecular weight is 357 g/mol. The number of aromatic nitrogens is 2. The Morgan fingerprint density at radius 1 is 1.52 bits per heavy atom. The van der Waals surface area contributed by atoms with Gasteiger partial charge in [-0.2, -0.15) is 0 Å². The molecule has 0 unspecified atom stereocenters. The van der Waals surface area contributed by atoms with Crippen molar-refractivity contribution in [2.45, 2.75) is 26.3 Å². The highest BCUT2D eigenvalue weighted by Gasteiger charge is 2.35. The van der Waals surface area contributed by atoms with Crippen molar-refractivity contribution in [3.8, 4) is 0 Å². The Labute approximate surface area is 152 Å². The van der Waals surface area contributed by atoms with E-state index in [1.807, 2.05) is 17.0 Å². The van der Waals surface area contributed by atoms with E-state index in [-0.39, 0.29) is 17.9 Å². The summed E-state index contributed by atoms with van der Waals surface area (Å²) in [5, 5.41) is 0.525. The van der Waals surface area contributed by atoms with Crippen LogP contribution in [-0.4, -0.2) is 40.1 Å². The zero-order valence-corrected chi connectivity index (χ0v) is 15.2. The van der Waals surface area contributed by atoms with E-state index < -0.39 is 0 Å². The lowest BCUT2D eigenvalue weighted by Crippen LogP contribution is -2.47. The van der Waals surface area contributed by atoms with Crippen molar-refractivity contribution in [2.24, 2.45) is 10.9 Å². The summed E-state index contributed by atoms with van der Waals surface area (Å²) in [5.41, 5.74) is 3.23. The van der Waals surface area contributed by atoms with Crippen LogP contribution in [0.2, 0.25) is 5.02 Å². The van der Waals surface area contributed by atoms with Crippen molar-refractivity contribution in [3.63, 3.8) is 0 Å². The number of aliphatic imine (C=N–C) groups is 1. The third-order valence-electron chi connectivity index (χ3n) is 4.55. The first-order valence-electron chi connectivity index (χ1n) is 8.25. The second-order valence-corrected chi connectivity index (χ2v) is 6.83. The lowest BCUT2D eigenvalue weighted by Gasteiger charge is -2.39. The molecular formula is C19H21ClN4O. The fraction of sp³-hybridized carbons (Fsp3) is 0.316. The minimum Gasteiger partial charge on any atom is -0.334 e. The number of hydrogen-bond acceptors (Lipinski definition) is 3. The van der Waals surface area contributed by atoms with Crippen LogP contribution in [0.1, 0.15) is 30.9 Å². The maximum atomic E-state index is 13.1. The highest BCUT2D eigenvalue weighted by Crippen LogP contribution is 2.31. The van der Waals surface area contributed by atoms with E-state index in [4.69, 9.17) is 11.6 Å². The number of H-pyrrole nitrogens is 1.